The fourth-order valence-electron chi connectivity index (χ4n) is 1.91. The molecule has 6 nitrogen and oxygen atoms in total. The second-order valence-corrected chi connectivity index (χ2v) is 6.12. The van der Waals surface area contributed by atoms with Crippen LogP contribution < -0.4 is 5.32 Å². The third-order valence-corrected chi connectivity index (χ3v) is 3.02. The third-order valence-electron chi connectivity index (χ3n) is 3.02. The van der Waals surface area contributed by atoms with Crippen LogP contribution in [0.25, 0.3) is 0 Å². The Morgan fingerprint density at radius 3 is 2.14 bits per heavy atom. The lowest BCUT2D eigenvalue weighted by molar-refractivity contribution is -0.150. The van der Waals surface area contributed by atoms with Crippen LogP contribution in [0.3, 0.4) is 0 Å². The van der Waals surface area contributed by atoms with E-state index in [2.05, 4.69) is 10.1 Å². The molecule has 0 heterocycles. The van der Waals surface area contributed by atoms with Crippen LogP contribution in [-0.2, 0) is 19.9 Å². The Morgan fingerprint density at radius 2 is 1.68 bits per heavy atom. The third kappa shape index (κ3) is 4.73. The van der Waals surface area contributed by atoms with Crippen LogP contribution in [0.15, 0.2) is 30.3 Å². The van der Waals surface area contributed by atoms with E-state index in [1.165, 1.54) is 14.0 Å². The molecule has 0 spiro atoms. The molecule has 2 N–H and O–H groups in total. The van der Waals surface area contributed by atoms with E-state index in [-0.39, 0.29) is 0 Å². The van der Waals surface area contributed by atoms with E-state index in [4.69, 9.17) is 4.74 Å². The van der Waals surface area contributed by atoms with Gasteiger partial charge < -0.3 is 19.9 Å². The van der Waals surface area contributed by atoms with Gasteiger partial charge in [0.15, 0.2) is 6.04 Å². The first-order chi connectivity index (χ1) is 10.1. The highest BCUT2D eigenvalue weighted by atomic mass is 16.6. The first-order valence-electron chi connectivity index (χ1n) is 6.93. The number of ether oxygens (including phenoxy) is 2. The van der Waals surface area contributed by atoms with E-state index in [1.807, 2.05) is 0 Å². The summed E-state index contributed by atoms with van der Waals surface area (Å²) in [5, 5.41) is 13.1. The fraction of sp³-hybridized carbons (Fsp3) is 0.500. The molecule has 0 aliphatic heterocycles. The normalized spacial score (nSPS) is 15.4. The van der Waals surface area contributed by atoms with Gasteiger partial charge in [0.05, 0.1) is 7.11 Å². The van der Waals surface area contributed by atoms with Crippen LogP contribution in [0.4, 0.5) is 4.79 Å². The van der Waals surface area contributed by atoms with Crippen LogP contribution >= 0.6 is 0 Å². The van der Waals surface area contributed by atoms with E-state index in [0.717, 1.165) is 0 Å². The fourth-order valence-corrected chi connectivity index (χ4v) is 1.91. The Kier molecular flexibility index (Phi) is 5.54. The number of esters is 1. The first-order valence-corrected chi connectivity index (χ1v) is 6.93. The van der Waals surface area contributed by atoms with Crippen LogP contribution in [0.1, 0.15) is 33.3 Å². The lowest BCUT2D eigenvalue weighted by Gasteiger charge is -2.32. The summed E-state index contributed by atoms with van der Waals surface area (Å²) in [5.74, 6) is -0.764. The van der Waals surface area contributed by atoms with Gasteiger partial charge in [0.2, 0.25) is 0 Å². The Bertz CT molecular complexity index is 519. The number of benzene rings is 1. The minimum atomic E-state index is -1.65. The quantitative estimate of drug-likeness (QED) is 0.831. The molecular weight excluding hydrogens is 286 g/mol. The SMILES string of the molecule is COC(=O)[C@@H](NC(=O)OC(C)(C)C)[C@](C)(O)c1ccccc1. The highest BCUT2D eigenvalue weighted by Crippen LogP contribution is 2.25. The monoisotopic (exact) mass is 309 g/mol. The number of nitrogens with one attached hydrogen (secondary N) is 1. The number of hydrogen-bond acceptors (Lipinski definition) is 5. The number of rotatable bonds is 4. The molecule has 1 rings (SSSR count). The van der Waals surface area contributed by atoms with E-state index in [1.54, 1.807) is 51.1 Å². The molecule has 0 radical (unpaired) electrons. The number of alkyl carbamates (subject to hydrolysis) is 1. The second-order valence-electron chi connectivity index (χ2n) is 6.12. The second kappa shape index (κ2) is 6.79. The number of carbonyl (C=O) groups excluding carboxylic acids is 2. The highest BCUT2D eigenvalue weighted by molar-refractivity contribution is 5.83. The predicted molar refractivity (Wildman–Crippen MR) is 81.2 cm³/mol. The van der Waals surface area contributed by atoms with Crippen LogP contribution in [-0.4, -0.2) is 35.9 Å². The number of aliphatic hydroxyl groups is 1. The molecule has 2 atom stereocenters. The maximum Gasteiger partial charge on any atom is 0.408 e. The lowest BCUT2D eigenvalue weighted by Crippen LogP contribution is -2.55. The molecule has 0 fully saturated rings. The molecule has 1 aromatic carbocycles. The summed E-state index contributed by atoms with van der Waals surface area (Å²) in [6, 6.07) is 7.26. The summed E-state index contributed by atoms with van der Waals surface area (Å²) in [4.78, 5) is 23.9. The molecule has 0 saturated carbocycles. The van der Waals surface area contributed by atoms with Crippen molar-refractivity contribution < 1.29 is 24.2 Å². The molecule has 1 aromatic rings. The number of amides is 1. The Balaban J connectivity index is 3.03. The van der Waals surface area contributed by atoms with Gasteiger partial charge in [0.1, 0.15) is 11.2 Å². The van der Waals surface area contributed by atoms with Crippen molar-refractivity contribution in [1.29, 1.82) is 0 Å². The summed E-state index contributed by atoms with van der Waals surface area (Å²) in [7, 11) is 1.19. The van der Waals surface area contributed by atoms with Gasteiger partial charge in [-0.15, -0.1) is 0 Å². The average molecular weight is 309 g/mol. The van der Waals surface area contributed by atoms with Gasteiger partial charge in [-0.3, -0.25) is 0 Å². The van der Waals surface area contributed by atoms with Crippen molar-refractivity contribution in [2.75, 3.05) is 7.11 Å². The van der Waals surface area contributed by atoms with E-state index in [9.17, 15) is 14.7 Å². The van der Waals surface area contributed by atoms with Gasteiger partial charge in [0.25, 0.3) is 0 Å². The van der Waals surface area contributed by atoms with Gasteiger partial charge in [0, 0.05) is 0 Å². The highest BCUT2D eigenvalue weighted by Gasteiger charge is 2.41. The largest absolute Gasteiger partial charge is 0.467 e. The maximum atomic E-state index is 12.0. The maximum absolute atomic E-state index is 12.0. The molecule has 22 heavy (non-hydrogen) atoms. The van der Waals surface area contributed by atoms with Crippen LogP contribution in [0.2, 0.25) is 0 Å². The minimum Gasteiger partial charge on any atom is -0.467 e. The Labute approximate surface area is 130 Å². The van der Waals surface area contributed by atoms with Crippen molar-refractivity contribution in [3.8, 4) is 0 Å². The van der Waals surface area contributed by atoms with Crippen molar-refractivity contribution in [1.82, 2.24) is 5.32 Å². The summed E-state index contributed by atoms with van der Waals surface area (Å²) >= 11 is 0. The van der Waals surface area contributed by atoms with Gasteiger partial charge in [-0.05, 0) is 33.3 Å². The molecular formula is C16H23NO5. The molecule has 1 amide bonds. The Morgan fingerprint density at radius 1 is 1.14 bits per heavy atom. The van der Waals surface area contributed by atoms with Gasteiger partial charge in [-0.25, -0.2) is 9.59 Å². The topological polar surface area (TPSA) is 84.9 Å². The van der Waals surface area contributed by atoms with E-state index < -0.39 is 29.3 Å². The smallest absolute Gasteiger partial charge is 0.408 e. The zero-order valence-electron chi connectivity index (χ0n) is 13.5. The molecule has 6 heteroatoms. The summed E-state index contributed by atoms with van der Waals surface area (Å²) < 4.78 is 9.81. The first kappa shape index (κ1) is 18.0. The molecule has 0 saturated heterocycles. The standard InChI is InChI=1S/C16H23NO5/c1-15(2,3)22-14(19)17-12(13(18)21-5)16(4,20)11-9-7-6-8-10-11/h6-10,12,20H,1-5H3,(H,17,19)/t12-,16-/m1/s1. The van der Waals surface area contributed by atoms with Crippen LogP contribution in [0.5, 0.6) is 0 Å². The Hall–Kier alpha value is -2.08. The van der Waals surface area contributed by atoms with Crippen molar-refractivity contribution in [2.45, 2.75) is 44.9 Å². The van der Waals surface area contributed by atoms with Crippen molar-refractivity contribution in [3.05, 3.63) is 35.9 Å². The van der Waals surface area contributed by atoms with Gasteiger partial charge in [-0.1, -0.05) is 30.3 Å². The summed E-state index contributed by atoms with van der Waals surface area (Å²) in [6.45, 7) is 6.54. The van der Waals surface area contributed by atoms with E-state index >= 15 is 0 Å². The molecule has 122 valence electrons. The predicted octanol–water partition coefficient (Wildman–Crippen LogP) is 1.96. The van der Waals surface area contributed by atoms with E-state index in [0.29, 0.717) is 5.56 Å². The molecule has 0 aliphatic carbocycles. The molecule has 0 aliphatic rings. The molecule has 0 unspecified atom stereocenters. The lowest BCUT2D eigenvalue weighted by atomic mass is 9.88. The number of methoxy groups -OCH3 is 1. The molecule has 0 bridgehead atoms. The van der Waals surface area contributed by atoms with Gasteiger partial charge in [-0.2, -0.15) is 0 Å². The summed E-state index contributed by atoms with van der Waals surface area (Å²) in [6.07, 6.45) is -0.806. The molecule has 0 aromatic heterocycles. The average Bonchev–Trinajstić information content (AvgIpc) is 2.43. The minimum absolute atomic E-state index is 0.474. The zero-order chi connectivity index (χ0) is 17.0. The number of carbonyl (C=O) groups is 2. The van der Waals surface area contributed by atoms with Gasteiger partial charge >= 0.3 is 12.1 Å². The van der Waals surface area contributed by atoms with Crippen molar-refractivity contribution in [3.63, 3.8) is 0 Å². The number of hydrogen-bond donors (Lipinski definition) is 2. The van der Waals surface area contributed by atoms with Crippen LogP contribution in [0, 0.1) is 0 Å². The van der Waals surface area contributed by atoms with Crippen molar-refractivity contribution in [2.24, 2.45) is 0 Å². The summed E-state index contributed by atoms with van der Waals surface area (Å²) in [5.41, 5.74) is -1.89. The zero-order valence-corrected chi connectivity index (χ0v) is 13.5. The van der Waals surface area contributed by atoms with Crippen molar-refractivity contribution >= 4 is 12.1 Å².